The maximum atomic E-state index is 13.6. The third-order valence-electron chi connectivity index (χ3n) is 6.02. The van der Waals surface area contributed by atoms with Gasteiger partial charge in [-0.1, -0.05) is 6.07 Å². The summed E-state index contributed by atoms with van der Waals surface area (Å²) < 4.78 is 13.6. The lowest BCUT2D eigenvalue weighted by Gasteiger charge is -2.23. The van der Waals surface area contributed by atoms with Crippen molar-refractivity contribution in [3.63, 3.8) is 0 Å². The molecular weight excluding hydrogens is 397 g/mol. The molecule has 3 N–H and O–H groups in total. The molecule has 5 aromatic rings. The van der Waals surface area contributed by atoms with E-state index in [9.17, 15) is 4.39 Å². The Morgan fingerprint density at radius 2 is 1.90 bits per heavy atom. The number of halogens is 1. The summed E-state index contributed by atoms with van der Waals surface area (Å²) in [6.07, 6.45) is 4.08. The van der Waals surface area contributed by atoms with Crippen molar-refractivity contribution in [2.24, 2.45) is 0 Å². The lowest BCUT2D eigenvalue weighted by atomic mass is 9.89. The zero-order chi connectivity index (χ0) is 20.1. The zero-order valence-corrected chi connectivity index (χ0v) is 17.0. The van der Waals surface area contributed by atoms with E-state index >= 15 is 0 Å². The van der Waals surface area contributed by atoms with Crippen LogP contribution in [-0.2, 0) is 0 Å². The lowest BCUT2D eigenvalue weighted by molar-refractivity contribution is 0.460. The molecule has 1 aromatic carbocycles. The van der Waals surface area contributed by atoms with Crippen LogP contribution in [0.25, 0.3) is 43.8 Å². The standard InChI is InChI=1S/C23H20FN5S/c24-21-4-3-20(30-21)15-7-10-26-23-16(15)12-19(27-23)22-17-11-14(1-2-18(17)28-29-22)13-5-8-25-9-6-13/h1-4,7,10-13,25H,5-6,8-9H2,(H,26,27)(H,28,29). The molecule has 150 valence electrons. The minimum absolute atomic E-state index is 0.186. The molecule has 0 aliphatic carbocycles. The minimum Gasteiger partial charge on any atom is -0.338 e. The van der Waals surface area contributed by atoms with E-state index in [1.807, 2.05) is 12.1 Å². The van der Waals surface area contributed by atoms with Gasteiger partial charge in [-0.05, 0) is 73.8 Å². The van der Waals surface area contributed by atoms with E-state index < -0.39 is 0 Å². The maximum Gasteiger partial charge on any atom is 0.176 e. The first-order valence-electron chi connectivity index (χ1n) is 10.2. The predicted octanol–water partition coefficient (Wildman–Crippen LogP) is 5.44. The summed E-state index contributed by atoms with van der Waals surface area (Å²) in [6, 6.07) is 13.9. The molecule has 0 unspecified atom stereocenters. The molecule has 5 heterocycles. The smallest absolute Gasteiger partial charge is 0.176 e. The number of hydrogen-bond acceptors (Lipinski definition) is 4. The van der Waals surface area contributed by atoms with Crippen molar-refractivity contribution in [2.75, 3.05) is 13.1 Å². The number of pyridine rings is 1. The molecule has 0 bridgehead atoms. The van der Waals surface area contributed by atoms with Crippen LogP contribution >= 0.6 is 11.3 Å². The number of aromatic nitrogens is 4. The Labute approximate surface area is 176 Å². The molecule has 4 aromatic heterocycles. The highest BCUT2D eigenvalue weighted by molar-refractivity contribution is 7.14. The number of nitrogens with zero attached hydrogens (tertiary/aromatic N) is 2. The van der Waals surface area contributed by atoms with Gasteiger partial charge < -0.3 is 10.3 Å². The van der Waals surface area contributed by atoms with Gasteiger partial charge >= 0.3 is 0 Å². The molecule has 0 atom stereocenters. The molecule has 0 radical (unpaired) electrons. The number of fused-ring (bicyclic) bond motifs is 2. The van der Waals surface area contributed by atoms with Crippen molar-refractivity contribution in [1.82, 2.24) is 25.5 Å². The van der Waals surface area contributed by atoms with Gasteiger partial charge in [-0.2, -0.15) is 9.49 Å². The van der Waals surface area contributed by atoms with Gasteiger partial charge in [0.25, 0.3) is 0 Å². The fraction of sp³-hybridized carbons (Fsp3) is 0.217. The highest BCUT2D eigenvalue weighted by atomic mass is 32.1. The Bertz CT molecular complexity index is 1360. The molecule has 0 spiro atoms. The summed E-state index contributed by atoms with van der Waals surface area (Å²) in [5.41, 5.74) is 5.96. The maximum absolute atomic E-state index is 13.6. The molecule has 0 saturated carbocycles. The van der Waals surface area contributed by atoms with Crippen LogP contribution in [0.15, 0.2) is 48.7 Å². The number of piperidine rings is 1. The van der Waals surface area contributed by atoms with Crippen LogP contribution < -0.4 is 5.32 Å². The number of rotatable bonds is 3. The molecule has 1 aliphatic heterocycles. The highest BCUT2D eigenvalue weighted by Gasteiger charge is 2.19. The lowest BCUT2D eigenvalue weighted by Crippen LogP contribution is -2.26. The minimum atomic E-state index is -0.186. The van der Waals surface area contributed by atoms with Gasteiger partial charge in [-0.3, -0.25) is 5.10 Å². The third-order valence-corrected chi connectivity index (χ3v) is 6.93. The van der Waals surface area contributed by atoms with Gasteiger partial charge in [0.05, 0.1) is 11.2 Å². The normalized spacial score (nSPS) is 15.4. The van der Waals surface area contributed by atoms with Gasteiger partial charge in [0.15, 0.2) is 5.13 Å². The number of aromatic amines is 2. The first kappa shape index (κ1) is 17.8. The number of H-pyrrole nitrogens is 2. The molecule has 5 nitrogen and oxygen atoms in total. The van der Waals surface area contributed by atoms with E-state index in [0.717, 1.165) is 81.0 Å². The molecule has 1 fully saturated rings. The van der Waals surface area contributed by atoms with Gasteiger partial charge in [0.1, 0.15) is 11.3 Å². The van der Waals surface area contributed by atoms with Crippen molar-refractivity contribution in [3.05, 3.63) is 59.4 Å². The van der Waals surface area contributed by atoms with Crippen LogP contribution in [0.3, 0.4) is 0 Å². The van der Waals surface area contributed by atoms with Crippen LogP contribution in [0.5, 0.6) is 0 Å². The second-order valence-electron chi connectivity index (χ2n) is 7.81. The fourth-order valence-electron chi connectivity index (χ4n) is 4.47. The number of benzene rings is 1. The van der Waals surface area contributed by atoms with Crippen molar-refractivity contribution in [1.29, 1.82) is 0 Å². The van der Waals surface area contributed by atoms with Crippen LogP contribution in [0.4, 0.5) is 4.39 Å². The molecule has 1 saturated heterocycles. The first-order chi connectivity index (χ1) is 14.8. The number of thiophene rings is 1. The quantitative estimate of drug-likeness (QED) is 0.366. The largest absolute Gasteiger partial charge is 0.338 e. The van der Waals surface area contributed by atoms with Crippen LogP contribution in [-0.4, -0.2) is 33.3 Å². The highest BCUT2D eigenvalue weighted by Crippen LogP contribution is 2.36. The summed E-state index contributed by atoms with van der Waals surface area (Å²) in [4.78, 5) is 8.79. The Morgan fingerprint density at radius 3 is 2.73 bits per heavy atom. The van der Waals surface area contributed by atoms with E-state index in [-0.39, 0.29) is 5.13 Å². The van der Waals surface area contributed by atoms with Gasteiger partial charge in [0, 0.05) is 27.4 Å². The van der Waals surface area contributed by atoms with Crippen LogP contribution in [0.2, 0.25) is 0 Å². The van der Waals surface area contributed by atoms with Crippen LogP contribution in [0, 0.1) is 5.13 Å². The topological polar surface area (TPSA) is 69.4 Å². The average Bonchev–Trinajstić information content (AvgIpc) is 3.51. The molecule has 7 heteroatoms. The fourth-order valence-corrected chi connectivity index (χ4v) is 5.24. The molecule has 6 rings (SSSR count). The predicted molar refractivity (Wildman–Crippen MR) is 119 cm³/mol. The van der Waals surface area contributed by atoms with Gasteiger partial charge in [-0.15, -0.1) is 11.3 Å². The second-order valence-corrected chi connectivity index (χ2v) is 8.84. The summed E-state index contributed by atoms with van der Waals surface area (Å²) in [5.74, 6) is 0.586. The van der Waals surface area contributed by atoms with Gasteiger partial charge in [0.2, 0.25) is 0 Å². The molecule has 0 amide bonds. The van der Waals surface area contributed by atoms with Crippen molar-refractivity contribution in [2.45, 2.75) is 18.8 Å². The summed E-state index contributed by atoms with van der Waals surface area (Å²) in [5, 5.41) is 13.1. The van der Waals surface area contributed by atoms with E-state index in [1.54, 1.807) is 6.20 Å². The SMILES string of the molecule is Fc1ccc(-c2ccnc3[nH]c(-c4n[nH]c5ccc(C6CCNCC6)cc45)cc23)s1. The van der Waals surface area contributed by atoms with E-state index in [4.69, 9.17) is 0 Å². The monoisotopic (exact) mass is 417 g/mol. The number of hydrogen-bond donors (Lipinski definition) is 3. The Kier molecular flexibility index (Phi) is 4.17. The Hall–Kier alpha value is -3.03. The van der Waals surface area contributed by atoms with E-state index in [0.29, 0.717) is 5.92 Å². The Morgan fingerprint density at radius 1 is 1.00 bits per heavy atom. The molecule has 1 aliphatic rings. The average molecular weight is 418 g/mol. The van der Waals surface area contributed by atoms with Crippen LogP contribution in [0.1, 0.15) is 24.3 Å². The molecular formula is C23H20FN5S. The van der Waals surface area contributed by atoms with Gasteiger partial charge in [-0.25, -0.2) is 4.98 Å². The second kappa shape index (κ2) is 7.04. The Balaban J connectivity index is 1.47. The van der Waals surface area contributed by atoms with E-state index in [1.165, 1.54) is 11.6 Å². The first-order valence-corrected chi connectivity index (χ1v) is 11.0. The van der Waals surface area contributed by atoms with E-state index in [2.05, 4.69) is 49.7 Å². The number of nitrogens with one attached hydrogen (secondary N) is 3. The van der Waals surface area contributed by atoms with Crippen molar-refractivity contribution < 1.29 is 4.39 Å². The molecule has 30 heavy (non-hydrogen) atoms. The summed E-state index contributed by atoms with van der Waals surface area (Å²) in [6.45, 7) is 2.14. The summed E-state index contributed by atoms with van der Waals surface area (Å²) in [7, 11) is 0. The summed E-state index contributed by atoms with van der Waals surface area (Å²) >= 11 is 1.15. The third kappa shape index (κ3) is 2.93. The zero-order valence-electron chi connectivity index (χ0n) is 16.2. The van der Waals surface area contributed by atoms with Crippen molar-refractivity contribution >= 4 is 33.3 Å². The van der Waals surface area contributed by atoms with Crippen molar-refractivity contribution in [3.8, 4) is 21.8 Å².